The second-order valence-electron chi connectivity index (χ2n) is 3.88. The van der Waals surface area contributed by atoms with E-state index >= 15 is 0 Å². The number of rotatable bonds is 3. The Morgan fingerprint density at radius 2 is 2.33 bits per heavy atom. The molecule has 0 aromatic carbocycles. The van der Waals surface area contributed by atoms with Gasteiger partial charge in [0, 0.05) is 18.4 Å². The Labute approximate surface area is 105 Å². The van der Waals surface area contributed by atoms with Crippen molar-refractivity contribution in [2.75, 3.05) is 12.4 Å². The van der Waals surface area contributed by atoms with Gasteiger partial charge in [-0.15, -0.1) is 0 Å². The van der Waals surface area contributed by atoms with Gasteiger partial charge < -0.3 is 9.72 Å². The number of alkyl halides is 3. The molecule has 8 heteroatoms. The van der Waals surface area contributed by atoms with E-state index in [4.69, 9.17) is 4.74 Å². The molecule has 1 unspecified atom stereocenters. The number of hydrogen-bond donors (Lipinski definition) is 1. The monoisotopic (exact) mass is 280 g/mol. The van der Waals surface area contributed by atoms with Crippen LogP contribution in [0.5, 0.6) is 0 Å². The van der Waals surface area contributed by atoms with Crippen molar-refractivity contribution in [2.45, 2.75) is 30.3 Å². The molecule has 0 spiro atoms. The molecule has 1 aliphatic heterocycles. The third-order valence-corrected chi connectivity index (χ3v) is 3.45. The summed E-state index contributed by atoms with van der Waals surface area (Å²) in [6, 6.07) is 0.454. The van der Waals surface area contributed by atoms with Crippen molar-refractivity contribution in [3.05, 3.63) is 22.1 Å². The highest BCUT2D eigenvalue weighted by molar-refractivity contribution is 7.99. The summed E-state index contributed by atoms with van der Waals surface area (Å²) in [5, 5.41) is -0.0228. The molecule has 1 fully saturated rings. The van der Waals surface area contributed by atoms with Crippen LogP contribution in [0.25, 0.3) is 0 Å². The number of halogens is 3. The SMILES string of the molecule is O=c1cc(C(F)(F)F)nc(SCC2CCCO2)[nH]1. The van der Waals surface area contributed by atoms with E-state index in [1.165, 1.54) is 0 Å². The van der Waals surface area contributed by atoms with Gasteiger partial charge in [-0.25, -0.2) is 4.98 Å². The van der Waals surface area contributed by atoms with Gasteiger partial charge in [-0.3, -0.25) is 4.79 Å². The van der Waals surface area contributed by atoms with Crippen LogP contribution in [0.4, 0.5) is 13.2 Å². The minimum absolute atomic E-state index is 0.0228. The number of aromatic nitrogens is 2. The fourth-order valence-electron chi connectivity index (χ4n) is 1.60. The predicted molar refractivity (Wildman–Crippen MR) is 59.6 cm³/mol. The third-order valence-electron chi connectivity index (χ3n) is 2.44. The first-order chi connectivity index (χ1) is 8.45. The number of nitrogens with zero attached hydrogens (tertiary/aromatic N) is 1. The zero-order valence-electron chi connectivity index (χ0n) is 9.29. The summed E-state index contributed by atoms with van der Waals surface area (Å²) >= 11 is 1.07. The Morgan fingerprint density at radius 3 is 2.94 bits per heavy atom. The van der Waals surface area contributed by atoms with E-state index in [-0.39, 0.29) is 11.3 Å². The van der Waals surface area contributed by atoms with Crippen molar-refractivity contribution >= 4 is 11.8 Å². The molecule has 4 nitrogen and oxygen atoms in total. The van der Waals surface area contributed by atoms with Crippen molar-refractivity contribution in [2.24, 2.45) is 0 Å². The highest BCUT2D eigenvalue weighted by atomic mass is 32.2. The average molecular weight is 280 g/mol. The van der Waals surface area contributed by atoms with Crippen molar-refractivity contribution in [1.82, 2.24) is 9.97 Å². The molecule has 100 valence electrons. The molecule has 2 rings (SSSR count). The summed E-state index contributed by atoms with van der Waals surface area (Å²) in [5.41, 5.74) is -1.96. The van der Waals surface area contributed by atoms with Crippen LogP contribution in [0.2, 0.25) is 0 Å². The summed E-state index contributed by atoms with van der Waals surface area (Å²) in [6.07, 6.45) is -2.74. The zero-order valence-corrected chi connectivity index (χ0v) is 10.1. The number of aromatic amines is 1. The Morgan fingerprint density at radius 1 is 1.56 bits per heavy atom. The zero-order chi connectivity index (χ0) is 13.2. The van der Waals surface area contributed by atoms with Crippen LogP contribution >= 0.6 is 11.8 Å². The lowest BCUT2D eigenvalue weighted by Gasteiger charge is -2.09. The Bertz CT molecular complexity index is 469. The van der Waals surface area contributed by atoms with Gasteiger partial charge >= 0.3 is 6.18 Å². The smallest absolute Gasteiger partial charge is 0.377 e. The van der Waals surface area contributed by atoms with Crippen molar-refractivity contribution < 1.29 is 17.9 Å². The lowest BCUT2D eigenvalue weighted by atomic mass is 10.3. The summed E-state index contributed by atoms with van der Waals surface area (Å²) in [5.74, 6) is 0.490. The molecule has 2 heterocycles. The Balaban J connectivity index is 2.08. The molecule has 1 aliphatic rings. The summed E-state index contributed by atoms with van der Waals surface area (Å²) in [4.78, 5) is 16.8. The number of nitrogens with one attached hydrogen (secondary N) is 1. The second kappa shape index (κ2) is 5.31. The lowest BCUT2D eigenvalue weighted by Crippen LogP contribution is -2.17. The first kappa shape index (κ1) is 13.4. The molecule has 0 amide bonds. The molecule has 1 saturated heterocycles. The van der Waals surface area contributed by atoms with Crippen LogP contribution in [0, 0.1) is 0 Å². The molecule has 0 saturated carbocycles. The average Bonchev–Trinajstić information content (AvgIpc) is 2.77. The second-order valence-corrected chi connectivity index (χ2v) is 4.89. The standard InChI is InChI=1S/C10H11F3N2O2S/c11-10(12,13)7-4-8(16)15-9(14-7)18-5-6-2-1-3-17-6/h4,6H,1-3,5H2,(H,14,15,16). The van der Waals surface area contributed by atoms with Crippen molar-refractivity contribution in [3.8, 4) is 0 Å². The fraction of sp³-hybridized carbons (Fsp3) is 0.600. The summed E-state index contributed by atoms with van der Waals surface area (Å²) < 4.78 is 42.7. The summed E-state index contributed by atoms with van der Waals surface area (Å²) in [6.45, 7) is 0.678. The van der Waals surface area contributed by atoms with Gasteiger partial charge in [-0.05, 0) is 12.8 Å². The largest absolute Gasteiger partial charge is 0.433 e. The molecule has 0 aliphatic carbocycles. The molecule has 1 atom stereocenters. The van der Waals surface area contributed by atoms with Crippen LogP contribution < -0.4 is 5.56 Å². The predicted octanol–water partition coefficient (Wildman–Crippen LogP) is 2.06. The van der Waals surface area contributed by atoms with E-state index in [2.05, 4.69) is 9.97 Å². The number of thioether (sulfide) groups is 1. The maximum atomic E-state index is 12.4. The van der Waals surface area contributed by atoms with Gasteiger partial charge in [0.15, 0.2) is 10.9 Å². The van der Waals surface area contributed by atoms with Crippen LogP contribution in [-0.4, -0.2) is 28.4 Å². The molecule has 0 radical (unpaired) electrons. The van der Waals surface area contributed by atoms with Gasteiger partial charge in [-0.2, -0.15) is 13.2 Å². The summed E-state index contributed by atoms with van der Waals surface area (Å²) in [7, 11) is 0. The van der Waals surface area contributed by atoms with E-state index in [1.807, 2.05) is 0 Å². The van der Waals surface area contributed by atoms with E-state index in [9.17, 15) is 18.0 Å². The topological polar surface area (TPSA) is 55.0 Å². The highest BCUT2D eigenvalue weighted by Gasteiger charge is 2.33. The Kier molecular flexibility index (Phi) is 3.96. The number of hydrogen-bond acceptors (Lipinski definition) is 4. The fourth-order valence-corrected chi connectivity index (χ4v) is 2.54. The maximum absolute atomic E-state index is 12.4. The van der Waals surface area contributed by atoms with Crippen LogP contribution in [0.3, 0.4) is 0 Å². The van der Waals surface area contributed by atoms with E-state index in [0.717, 1.165) is 24.6 Å². The lowest BCUT2D eigenvalue weighted by molar-refractivity contribution is -0.141. The van der Waals surface area contributed by atoms with Gasteiger partial charge in [0.05, 0.1) is 6.10 Å². The minimum Gasteiger partial charge on any atom is -0.377 e. The molecule has 1 aromatic rings. The quantitative estimate of drug-likeness (QED) is 0.680. The molecule has 1 N–H and O–H groups in total. The number of ether oxygens (including phenoxy) is 1. The van der Waals surface area contributed by atoms with Gasteiger partial charge in [-0.1, -0.05) is 11.8 Å². The van der Waals surface area contributed by atoms with Gasteiger partial charge in [0.2, 0.25) is 0 Å². The van der Waals surface area contributed by atoms with Crippen LogP contribution in [0.15, 0.2) is 16.0 Å². The molecular weight excluding hydrogens is 269 g/mol. The van der Waals surface area contributed by atoms with Crippen molar-refractivity contribution in [3.63, 3.8) is 0 Å². The normalized spacial score (nSPS) is 20.3. The molecule has 0 bridgehead atoms. The van der Waals surface area contributed by atoms with Gasteiger partial charge in [0.1, 0.15) is 0 Å². The molecule has 1 aromatic heterocycles. The van der Waals surface area contributed by atoms with Gasteiger partial charge in [0.25, 0.3) is 5.56 Å². The minimum atomic E-state index is -4.60. The highest BCUT2D eigenvalue weighted by Crippen LogP contribution is 2.28. The molecular formula is C10H11F3N2O2S. The van der Waals surface area contributed by atoms with E-state index in [0.29, 0.717) is 18.4 Å². The van der Waals surface area contributed by atoms with Crippen molar-refractivity contribution in [1.29, 1.82) is 0 Å². The number of H-pyrrole nitrogens is 1. The first-order valence-electron chi connectivity index (χ1n) is 5.38. The maximum Gasteiger partial charge on any atom is 0.433 e. The third kappa shape index (κ3) is 3.49. The van der Waals surface area contributed by atoms with Crippen LogP contribution in [-0.2, 0) is 10.9 Å². The molecule has 18 heavy (non-hydrogen) atoms. The van der Waals surface area contributed by atoms with Crippen LogP contribution in [0.1, 0.15) is 18.5 Å². The van der Waals surface area contributed by atoms with E-state index in [1.54, 1.807) is 0 Å². The first-order valence-corrected chi connectivity index (χ1v) is 6.36. The Hall–Kier alpha value is -1.02. The van der Waals surface area contributed by atoms with E-state index < -0.39 is 17.4 Å².